The van der Waals surface area contributed by atoms with Crippen LogP contribution in [-0.2, 0) is 6.42 Å². The lowest BCUT2D eigenvalue weighted by Gasteiger charge is -1.95. The number of hydrogen-bond donors (Lipinski definition) is 1. The van der Waals surface area contributed by atoms with Crippen molar-refractivity contribution in [1.29, 1.82) is 0 Å². The first-order valence-electron chi connectivity index (χ1n) is 4.18. The van der Waals surface area contributed by atoms with Gasteiger partial charge in [0.05, 0.1) is 12.0 Å². The van der Waals surface area contributed by atoms with E-state index in [-0.39, 0.29) is 0 Å². The molecule has 1 heterocycles. The molecule has 0 spiro atoms. The molecule has 1 aliphatic carbocycles. The Morgan fingerprint density at radius 2 is 2.36 bits per heavy atom. The van der Waals surface area contributed by atoms with Gasteiger partial charge in [-0.15, -0.1) is 0 Å². The van der Waals surface area contributed by atoms with E-state index in [1.165, 1.54) is 19.3 Å². The Hall–Kier alpha value is -0.920. The molecule has 1 aliphatic rings. The summed E-state index contributed by atoms with van der Waals surface area (Å²) in [5.74, 6) is 1.93. The van der Waals surface area contributed by atoms with Crippen LogP contribution in [0.25, 0.3) is 0 Å². The van der Waals surface area contributed by atoms with E-state index in [0.717, 1.165) is 23.8 Å². The highest BCUT2D eigenvalue weighted by Gasteiger charge is 2.21. The van der Waals surface area contributed by atoms with Gasteiger partial charge < -0.3 is 10.2 Å². The van der Waals surface area contributed by atoms with Crippen LogP contribution in [0, 0.1) is 5.92 Å². The molecule has 1 aromatic heterocycles. The maximum atomic E-state index is 5.65. The largest absolute Gasteiger partial charge is 0.467 e. The summed E-state index contributed by atoms with van der Waals surface area (Å²) >= 11 is 0. The highest BCUT2D eigenvalue weighted by Crippen LogP contribution is 2.34. The van der Waals surface area contributed by atoms with Gasteiger partial charge in [-0.05, 0) is 18.4 Å². The molecular formula is C9H13NO. The van der Waals surface area contributed by atoms with E-state index in [2.05, 4.69) is 0 Å². The van der Waals surface area contributed by atoms with Gasteiger partial charge in [-0.2, -0.15) is 0 Å². The number of anilines is 1. The summed E-state index contributed by atoms with van der Waals surface area (Å²) in [5.41, 5.74) is 6.46. The van der Waals surface area contributed by atoms with Crippen LogP contribution in [0.5, 0.6) is 0 Å². The van der Waals surface area contributed by atoms with E-state index < -0.39 is 0 Å². The Morgan fingerprint density at radius 3 is 2.91 bits per heavy atom. The van der Waals surface area contributed by atoms with Crippen LogP contribution >= 0.6 is 0 Å². The molecule has 0 atom stereocenters. The second kappa shape index (κ2) is 2.61. The van der Waals surface area contributed by atoms with Crippen molar-refractivity contribution in [2.75, 3.05) is 5.73 Å². The van der Waals surface area contributed by atoms with Gasteiger partial charge in [-0.3, -0.25) is 0 Å². The van der Waals surface area contributed by atoms with Gasteiger partial charge in [0.1, 0.15) is 5.76 Å². The zero-order valence-electron chi connectivity index (χ0n) is 6.55. The second-order valence-corrected chi connectivity index (χ2v) is 3.28. The number of nitrogen functional groups attached to an aromatic ring is 1. The zero-order valence-corrected chi connectivity index (χ0v) is 6.55. The number of aryl methyl sites for hydroxylation is 1. The average Bonchev–Trinajstić information content (AvgIpc) is 2.73. The van der Waals surface area contributed by atoms with Crippen molar-refractivity contribution < 1.29 is 4.42 Å². The van der Waals surface area contributed by atoms with Crippen LogP contribution < -0.4 is 5.73 Å². The molecule has 0 saturated heterocycles. The van der Waals surface area contributed by atoms with Crippen LogP contribution in [0.4, 0.5) is 5.69 Å². The third-order valence-corrected chi connectivity index (χ3v) is 2.26. The lowest BCUT2D eigenvalue weighted by atomic mass is 10.2. The standard InChI is InChI=1S/C9H13NO/c10-8-5-6-11-9(8)4-3-7-1-2-7/h5-7H,1-4,10H2. The van der Waals surface area contributed by atoms with E-state index in [9.17, 15) is 0 Å². The summed E-state index contributed by atoms with van der Waals surface area (Å²) in [4.78, 5) is 0. The molecule has 0 radical (unpaired) electrons. The number of furan rings is 1. The first kappa shape index (κ1) is 6.77. The fourth-order valence-corrected chi connectivity index (χ4v) is 1.30. The SMILES string of the molecule is Nc1ccoc1CCC1CC1. The molecule has 0 unspecified atom stereocenters. The van der Waals surface area contributed by atoms with Crippen LogP contribution in [0.1, 0.15) is 25.0 Å². The minimum atomic E-state index is 0.811. The molecule has 1 saturated carbocycles. The molecule has 0 bridgehead atoms. The van der Waals surface area contributed by atoms with Gasteiger partial charge >= 0.3 is 0 Å². The molecule has 0 aromatic carbocycles. The Kier molecular flexibility index (Phi) is 1.60. The smallest absolute Gasteiger partial charge is 0.126 e. The minimum Gasteiger partial charge on any atom is -0.467 e. The molecule has 1 aromatic rings. The summed E-state index contributed by atoms with van der Waals surface area (Å²) in [5, 5.41) is 0. The third kappa shape index (κ3) is 1.56. The minimum absolute atomic E-state index is 0.811. The van der Waals surface area contributed by atoms with Gasteiger partial charge in [-0.25, -0.2) is 0 Å². The predicted octanol–water partition coefficient (Wildman–Crippen LogP) is 2.20. The second-order valence-electron chi connectivity index (χ2n) is 3.28. The van der Waals surface area contributed by atoms with Gasteiger partial charge in [-0.1, -0.05) is 12.8 Å². The van der Waals surface area contributed by atoms with Crippen LogP contribution in [0.15, 0.2) is 16.7 Å². The summed E-state index contributed by atoms with van der Waals surface area (Å²) in [6.45, 7) is 0. The van der Waals surface area contributed by atoms with Crippen molar-refractivity contribution in [3.8, 4) is 0 Å². The van der Waals surface area contributed by atoms with E-state index in [1.54, 1.807) is 6.26 Å². The number of rotatable bonds is 3. The van der Waals surface area contributed by atoms with Crippen LogP contribution in [0.2, 0.25) is 0 Å². The molecule has 0 amide bonds. The molecular weight excluding hydrogens is 138 g/mol. The fraction of sp³-hybridized carbons (Fsp3) is 0.556. The van der Waals surface area contributed by atoms with Crippen LogP contribution in [0.3, 0.4) is 0 Å². The molecule has 2 rings (SSSR count). The number of nitrogens with two attached hydrogens (primary N) is 1. The normalized spacial score (nSPS) is 17.1. The molecule has 2 heteroatoms. The first-order valence-corrected chi connectivity index (χ1v) is 4.18. The van der Waals surface area contributed by atoms with E-state index in [4.69, 9.17) is 10.2 Å². The Morgan fingerprint density at radius 1 is 1.55 bits per heavy atom. The summed E-state index contributed by atoms with van der Waals surface area (Å²) in [7, 11) is 0. The molecule has 1 fully saturated rings. The Labute approximate surface area is 66.4 Å². The predicted molar refractivity (Wildman–Crippen MR) is 44.2 cm³/mol. The quantitative estimate of drug-likeness (QED) is 0.719. The molecule has 2 nitrogen and oxygen atoms in total. The monoisotopic (exact) mass is 151 g/mol. The van der Waals surface area contributed by atoms with E-state index in [1.807, 2.05) is 6.07 Å². The fourth-order valence-electron chi connectivity index (χ4n) is 1.30. The lowest BCUT2D eigenvalue weighted by Crippen LogP contribution is -1.90. The van der Waals surface area contributed by atoms with E-state index in [0.29, 0.717) is 0 Å². The van der Waals surface area contributed by atoms with Crippen LogP contribution in [-0.4, -0.2) is 0 Å². The van der Waals surface area contributed by atoms with Crippen molar-refractivity contribution in [2.45, 2.75) is 25.7 Å². The topological polar surface area (TPSA) is 39.2 Å². The van der Waals surface area contributed by atoms with Gasteiger partial charge in [0.25, 0.3) is 0 Å². The highest BCUT2D eigenvalue weighted by molar-refractivity contribution is 5.40. The lowest BCUT2D eigenvalue weighted by molar-refractivity contribution is 0.496. The Balaban J connectivity index is 1.89. The van der Waals surface area contributed by atoms with Gasteiger partial charge in [0.2, 0.25) is 0 Å². The third-order valence-electron chi connectivity index (χ3n) is 2.26. The molecule has 0 aliphatic heterocycles. The summed E-state index contributed by atoms with van der Waals surface area (Å²) < 4.78 is 5.22. The van der Waals surface area contributed by atoms with Crippen molar-refractivity contribution in [3.05, 3.63) is 18.1 Å². The van der Waals surface area contributed by atoms with E-state index >= 15 is 0 Å². The average molecular weight is 151 g/mol. The first-order chi connectivity index (χ1) is 5.36. The van der Waals surface area contributed by atoms with Crippen molar-refractivity contribution in [2.24, 2.45) is 5.92 Å². The highest BCUT2D eigenvalue weighted by atomic mass is 16.3. The molecule has 11 heavy (non-hydrogen) atoms. The molecule has 2 N–H and O–H groups in total. The number of hydrogen-bond acceptors (Lipinski definition) is 2. The molecule has 60 valence electrons. The summed E-state index contributed by atoms with van der Waals surface area (Å²) in [6, 6.07) is 1.82. The van der Waals surface area contributed by atoms with Crippen molar-refractivity contribution in [1.82, 2.24) is 0 Å². The maximum absolute atomic E-state index is 5.65. The van der Waals surface area contributed by atoms with Crippen molar-refractivity contribution in [3.63, 3.8) is 0 Å². The maximum Gasteiger partial charge on any atom is 0.126 e. The van der Waals surface area contributed by atoms with Gasteiger partial charge in [0, 0.05) is 6.42 Å². The Bertz CT molecular complexity index is 237. The zero-order chi connectivity index (χ0) is 7.68. The van der Waals surface area contributed by atoms with Crippen molar-refractivity contribution >= 4 is 5.69 Å². The summed E-state index contributed by atoms with van der Waals surface area (Å²) in [6.07, 6.45) is 6.74. The van der Waals surface area contributed by atoms with Gasteiger partial charge in [0.15, 0.2) is 0 Å².